The molecule has 5 nitrogen and oxygen atoms in total. The smallest absolute Gasteiger partial charge is 0.241 e. The molecular formula is C17H22N4O. The number of carbonyl (C=O) groups excluding carboxylic acids is 1. The van der Waals surface area contributed by atoms with Crippen molar-refractivity contribution in [1.82, 2.24) is 20.6 Å². The van der Waals surface area contributed by atoms with E-state index in [-0.39, 0.29) is 11.9 Å². The Hall–Kier alpha value is -2.14. The maximum atomic E-state index is 11.8. The van der Waals surface area contributed by atoms with Crippen LogP contribution in [0.25, 0.3) is 11.0 Å². The van der Waals surface area contributed by atoms with E-state index < -0.39 is 0 Å². The number of aryl methyl sites for hydroxylation is 3. The number of amides is 1. The number of hydrogen-bond donors (Lipinski definition) is 3. The zero-order valence-corrected chi connectivity index (χ0v) is 13.1. The zero-order chi connectivity index (χ0) is 15.5. The maximum Gasteiger partial charge on any atom is 0.241 e. The van der Waals surface area contributed by atoms with Crippen molar-refractivity contribution in [3.05, 3.63) is 41.2 Å². The molecule has 2 aromatic rings. The van der Waals surface area contributed by atoms with E-state index in [1.807, 2.05) is 12.2 Å². The molecule has 0 saturated carbocycles. The molecule has 0 bridgehead atoms. The molecule has 0 radical (unpaired) electrons. The Bertz CT molecular complexity index is 717. The third kappa shape index (κ3) is 3.04. The van der Waals surface area contributed by atoms with Crippen molar-refractivity contribution in [1.29, 1.82) is 0 Å². The molecule has 116 valence electrons. The van der Waals surface area contributed by atoms with E-state index in [9.17, 15) is 4.79 Å². The topological polar surface area (TPSA) is 69.8 Å². The van der Waals surface area contributed by atoms with Crippen LogP contribution in [0.4, 0.5) is 0 Å². The highest BCUT2D eigenvalue weighted by molar-refractivity contribution is 5.84. The Morgan fingerprint density at radius 1 is 1.41 bits per heavy atom. The first-order valence-electron chi connectivity index (χ1n) is 7.77. The molecule has 1 amide bonds. The van der Waals surface area contributed by atoms with Gasteiger partial charge < -0.3 is 10.3 Å². The molecule has 3 N–H and O–H groups in total. The van der Waals surface area contributed by atoms with Crippen molar-refractivity contribution in [2.75, 3.05) is 13.1 Å². The number of nitrogens with zero attached hydrogens (tertiary/aromatic N) is 1. The fourth-order valence-electron chi connectivity index (χ4n) is 2.71. The summed E-state index contributed by atoms with van der Waals surface area (Å²) >= 11 is 0. The van der Waals surface area contributed by atoms with Gasteiger partial charge in [0.2, 0.25) is 5.91 Å². The number of H-pyrrole nitrogens is 1. The van der Waals surface area contributed by atoms with E-state index >= 15 is 0 Å². The van der Waals surface area contributed by atoms with Gasteiger partial charge in [0.05, 0.1) is 11.0 Å². The van der Waals surface area contributed by atoms with Gasteiger partial charge in [0, 0.05) is 19.5 Å². The molecule has 0 spiro atoms. The zero-order valence-electron chi connectivity index (χ0n) is 13.1. The fraction of sp³-hybridized carbons (Fsp3) is 0.412. The van der Waals surface area contributed by atoms with Crippen LogP contribution in [0.15, 0.2) is 24.3 Å². The van der Waals surface area contributed by atoms with Crippen LogP contribution >= 0.6 is 0 Å². The predicted octanol–water partition coefficient (Wildman–Crippen LogP) is 1.76. The lowest BCUT2D eigenvalue weighted by molar-refractivity contribution is -0.121. The first kappa shape index (κ1) is 14.8. The van der Waals surface area contributed by atoms with E-state index in [1.54, 1.807) is 0 Å². The summed E-state index contributed by atoms with van der Waals surface area (Å²) in [5, 5.41) is 6.06. The van der Waals surface area contributed by atoms with Gasteiger partial charge in [-0.05, 0) is 37.5 Å². The summed E-state index contributed by atoms with van der Waals surface area (Å²) in [4.78, 5) is 19.9. The van der Waals surface area contributed by atoms with E-state index in [1.165, 1.54) is 11.1 Å². The molecule has 1 atom stereocenters. The van der Waals surface area contributed by atoms with E-state index in [0.717, 1.165) is 36.2 Å². The predicted molar refractivity (Wildman–Crippen MR) is 87.8 cm³/mol. The van der Waals surface area contributed by atoms with Gasteiger partial charge in [0.25, 0.3) is 0 Å². The summed E-state index contributed by atoms with van der Waals surface area (Å²) in [6, 6.07) is 4.02. The van der Waals surface area contributed by atoms with Gasteiger partial charge >= 0.3 is 0 Å². The van der Waals surface area contributed by atoms with Crippen LogP contribution in [0.5, 0.6) is 0 Å². The molecule has 2 heterocycles. The van der Waals surface area contributed by atoms with Crippen LogP contribution in [0.3, 0.4) is 0 Å². The Morgan fingerprint density at radius 2 is 2.27 bits per heavy atom. The molecule has 1 aliphatic heterocycles. The van der Waals surface area contributed by atoms with Crippen molar-refractivity contribution in [2.45, 2.75) is 32.7 Å². The SMILES string of the molecule is Cc1ccc2[nH]c(CCCNC(=O)[C@H]3C=CCN3)nc2c1C. The Morgan fingerprint density at radius 3 is 3.05 bits per heavy atom. The number of fused-ring (bicyclic) bond motifs is 1. The van der Waals surface area contributed by atoms with Crippen LogP contribution in [0, 0.1) is 13.8 Å². The van der Waals surface area contributed by atoms with Crippen molar-refractivity contribution >= 4 is 16.9 Å². The van der Waals surface area contributed by atoms with Crippen molar-refractivity contribution in [2.24, 2.45) is 0 Å². The number of carbonyl (C=O) groups is 1. The summed E-state index contributed by atoms with van der Waals surface area (Å²) in [5.41, 5.74) is 4.63. The van der Waals surface area contributed by atoms with Crippen LogP contribution in [-0.4, -0.2) is 35.0 Å². The lowest BCUT2D eigenvalue weighted by Gasteiger charge is -2.09. The van der Waals surface area contributed by atoms with Crippen LogP contribution < -0.4 is 10.6 Å². The third-order valence-corrected chi connectivity index (χ3v) is 4.18. The van der Waals surface area contributed by atoms with Gasteiger partial charge in [0.1, 0.15) is 11.9 Å². The molecule has 0 saturated heterocycles. The second kappa shape index (κ2) is 6.32. The summed E-state index contributed by atoms with van der Waals surface area (Å²) in [5.74, 6) is 1.03. The average molecular weight is 298 g/mol. The van der Waals surface area contributed by atoms with Gasteiger partial charge in [-0.2, -0.15) is 0 Å². The quantitative estimate of drug-likeness (QED) is 0.582. The summed E-state index contributed by atoms with van der Waals surface area (Å²) in [6.07, 6.45) is 5.59. The number of hydrogen-bond acceptors (Lipinski definition) is 3. The van der Waals surface area contributed by atoms with Gasteiger partial charge in [0.15, 0.2) is 0 Å². The second-order valence-corrected chi connectivity index (χ2v) is 5.80. The highest BCUT2D eigenvalue weighted by Crippen LogP contribution is 2.19. The summed E-state index contributed by atoms with van der Waals surface area (Å²) in [6.45, 7) is 5.64. The number of imidazole rings is 1. The fourth-order valence-corrected chi connectivity index (χ4v) is 2.71. The van der Waals surface area contributed by atoms with Gasteiger partial charge in [-0.1, -0.05) is 18.2 Å². The van der Waals surface area contributed by atoms with Crippen LogP contribution in [0.2, 0.25) is 0 Å². The standard InChI is InChI=1S/C17H22N4O/c1-11-7-8-13-16(12(11)2)21-15(20-13)6-4-10-19-17(22)14-5-3-9-18-14/h3,5,7-8,14,18H,4,6,9-10H2,1-2H3,(H,19,22)(H,20,21)/t14-/m1/s1. The lowest BCUT2D eigenvalue weighted by atomic mass is 10.1. The minimum absolute atomic E-state index is 0.0461. The molecule has 5 heteroatoms. The van der Waals surface area contributed by atoms with Crippen molar-refractivity contribution in [3.63, 3.8) is 0 Å². The Balaban J connectivity index is 1.52. The number of benzene rings is 1. The highest BCUT2D eigenvalue weighted by atomic mass is 16.2. The molecular weight excluding hydrogens is 276 g/mol. The molecule has 0 unspecified atom stereocenters. The Labute approximate surface area is 130 Å². The molecule has 0 aliphatic carbocycles. The normalized spacial score (nSPS) is 17.3. The van der Waals surface area contributed by atoms with E-state index in [0.29, 0.717) is 6.54 Å². The van der Waals surface area contributed by atoms with E-state index in [2.05, 4.69) is 46.6 Å². The van der Waals surface area contributed by atoms with Crippen LogP contribution in [0.1, 0.15) is 23.4 Å². The molecule has 1 aliphatic rings. The third-order valence-electron chi connectivity index (χ3n) is 4.18. The molecule has 0 fully saturated rings. The molecule has 22 heavy (non-hydrogen) atoms. The van der Waals surface area contributed by atoms with Crippen LogP contribution in [-0.2, 0) is 11.2 Å². The minimum atomic E-state index is -0.170. The highest BCUT2D eigenvalue weighted by Gasteiger charge is 2.16. The largest absolute Gasteiger partial charge is 0.354 e. The number of aromatic amines is 1. The van der Waals surface area contributed by atoms with E-state index in [4.69, 9.17) is 0 Å². The molecule has 1 aromatic heterocycles. The number of aromatic nitrogens is 2. The number of nitrogens with one attached hydrogen (secondary N) is 3. The summed E-state index contributed by atoms with van der Waals surface area (Å²) < 4.78 is 0. The summed E-state index contributed by atoms with van der Waals surface area (Å²) in [7, 11) is 0. The average Bonchev–Trinajstić information content (AvgIpc) is 3.16. The maximum absolute atomic E-state index is 11.8. The van der Waals surface area contributed by atoms with Crippen molar-refractivity contribution < 1.29 is 4.79 Å². The minimum Gasteiger partial charge on any atom is -0.354 e. The first-order chi connectivity index (χ1) is 10.6. The lowest BCUT2D eigenvalue weighted by Crippen LogP contribution is -2.40. The van der Waals surface area contributed by atoms with Gasteiger partial charge in [-0.15, -0.1) is 0 Å². The van der Waals surface area contributed by atoms with Crippen molar-refractivity contribution in [3.8, 4) is 0 Å². The number of rotatable bonds is 5. The monoisotopic (exact) mass is 298 g/mol. The van der Waals surface area contributed by atoms with Gasteiger partial charge in [-0.25, -0.2) is 4.98 Å². The molecule has 3 rings (SSSR count). The van der Waals surface area contributed by atoms with Gasteiger partial charge in [-0.3, -0.25) is 10.1 Å². The second-order valence-electron chi connectivity index (χ2n) is 5.80. The molecule has 1 aromatic carbocycles. The first-order valence-corrected chi connectivity index (χ1v) is 7.77. The Kier molecular flexibility index (Phi) is 4.24.